The number of hydrogen-bond acceptors (Lipinski definition) is 3. The third-order valence-electron chi connectivity index (χ3n) is 3.75. The van der Waals surface area contributed by atoms with Gasteiger partial charge in [-0.15, -0.1) is 0 Å². The summed E-state index contributed by atoms with van der Waals surface area (Å²) in [5, 5.41) is 2.76. The van der Waals surface area contributed by atoms with E-state index in [1.807, 2.05) is 18.2 Å². The molecule has 0 spiro atoms. The van der Waals surface area contributed by atoms with E-state index < -0.39 is 15.7 Å². The van der Waals surface area contributed by atoms with Gasteiger partial charge in [0.25, 0.3) is 5.91 Å². The van der Waals surface area contributed by atoms with Crippen molar-refractivity contribution < 1.29 is 13.2 Å². The third kappa shape index (κ3) is 4.80. The Morgan fingerprint density at radius 3 is 2.12 bits per heavy atom. The molecule has 1 amide bonds. The van der Waals surface area contributed by atoms with Gasteiger partial charge in [-0.1, -0.05) is 30.3 Å². The monoisotopic (exact) mass is 361 g/mol. The summed E-state index contributed by atoms with van der Waals surface area (Å²) in [6.07, 6.45) is 0. The number of nitrogens with zero attached hydrogens (tertiary/aromatic N) is 1. The Bertz CT molecular complexity index is 843. The van der Waals surface area contributed by atoms with Crippen molar-refractivity contribution in [3.63, 3.8) is 0 Å². The lowest BCUT2D eigenvalue weighted by molar-refractivity contribution is 0.102. The van der Waals surface area contributed by atoms with Gasteiger partial charge in [-0.3, -0.25) is 9.52 Å². The highest BCUT2D eigenvalue weighted by Gasteiger charge is 2.29. The van der Waals surface area contributed by atoms with Crippen LogP contribution in [0.15, 0.2) is 54.6 Å². The first-order valence-electron chi connectivity index (χ1n) is 7.83. The van der Waals surface area contributed by atoms with E-state index in [0.717, 1.165) is 0 Å². The van der Waals surface area contributed by atoms with E-state index in [9.17, 15) is 13.2 Å². The molecule has 0 atom stereocenters. The molecule has 0 unspecified atom stereocenters. The van der Waals surface area contributed by atoms with Crippen LogP contribution in [0.25, 0.3) is 0 Å². The standard InChI is InChI=1S/C18H23N3O3S/c1-18(2,3)21(4)25(23,24)20-16-13-9-8-12-15(16)17(22)19-14-10-6-5-7-11-14/h5-13,20H,1-4H3,(H,19,22). The maximum absolute atomic E-state index is 12.6. The fourth-order valence-electron chi connectivity index (χ4n) is 2.06. The number of carbonyl (C=O) groups excluding carboxylic acids is 1. The lowest BCUT2D eigenvalue weighted by Gasteiger charge is -2.31. The number of para-hydroxylation sites is 2. The molecule has 0 saturated carbocycles. The topological polar surface area (TPSA) is 78.5 Å². The van der Waals surface area contributed by atoms with Crippen molar-refractivity contribution in [3.8, 4) is 0 Å². The molecule has 0 fully saturated rings. The van der Waals surface area contributed by atoms with Gasteiger partial charge < -0.3 is 5.32 Å². The number of anilines is 2. The number of rotatable bonds is 5. The Labute approximate surface area is 149 Å². The fraction of sp³-hybridized carbons (Fsp3) is 0.278. The van der Waals surface area contributed by atoms with Crippen LogP contribution in [0.3, 0.4) is 0 Å². The average molecular weight is 361 g/mol. The van der Waals surface area contributed by atoms with Crippen LogP contribution in [0.2, 0.25) is 0 Å². The highest BCUT2D eigenvalue weighted by molar-refractivity contribution is 7.90. The molecule has 2 N–H and O–H groups in total. The van der Waals surface area contributed by atoms with Crippen molar-refractivity contribution in [1.29, 1.82) is 0 Å². The Morgan fingerprint density at radius 1 is 0.960 bits per heavy atom. The van der Waals surface area contributed by atoms with Gasteiger partial charge in [0.2, 0.25) is 0 Å². The van der Waals surface area contributed by atoms with Gasteiger partial charge in [-0.05, 0) is 45.0 Å². The van der Waals surface area contributed by atoms with Crippen LogP contribution in [0, 0.1) is 0 Å². The zero-order chi connectivity index (χ0) is 18.7. The fourth-order valence-corrected chi connectivity index (χ4v) is 3.37. The summed E-state index contributed by atoms with van der Waals surface area (Å²) < 4.78 is 28.9. The molecule has 0 aliphatic heterocycles. The summed E-state index contributed by atoms with van der Waals surface area (Å²) in [4.78, 5) is 12.5. The van der Waals surface area contributed by atoms with Gasteiger partial charge >= 0.3 is 10.2 Å². The van der Waals surface area contributed by atoms with Crippen molar-refractivity contribution >= 4 is 27.5 Å². The van der Waals surface area contributed by atoms with Crippen LogP contribution in [0.5, 0.6) is 0 Å². The third-order valence-corrected chi connectivity index (χ3v) is 5.49. The summed E-state index contributed by atoms with van der Waals surface area (Å²) in [6, 6.07) is 15.5. The molecule has 2 aromatic carbocycles. The minimum Gasteiger partial charge on any atom is -0.322 e. The number of amides is 1. The van der Waals surface area contributed by atoms with E-state index in [2.05, 4.69) is 10.0 Å². The van der Waals surface area contributed by atoms with E-state index in [4.69, 9.17) is 0 Å². The predicted octanol–water partition coefficient (Wildman–Crippen LogP) is 3.33. The molecule has 0 aliphatic rings. The van der Waals surface area contributed by atoms with Crippen LogP contribution in [-0.4, -0.2) is 31.2 Å². The second kappa shape index (κ2) is 7.25. The highest BCUT2D eigenvalue weighted by Crippen LogP contribution is 2.22. The number of benzene rings is 2. The molecule has 0 bridgehead atoms. The average Bonchev–Trinajstić information content (AvgIpc) is 2.54. The summed E-state index contributed by atoms with van der Waals surface area (Å²) in [5.74, 6) is -0.386. The molecule has 0 saturated heterocycles. The van der Waals surface area contributed by atoms with E-state index in [-0.39, 0.29) is 17.2 Å². The highest BCUT2D eigenvalue weighted by atomic mass is 32.2. The summed E-state index contributed by atoms with van der Waals surface area (Å²) in [7, 11) is -2.30. The molecule has 134 valence electrons. The van der Waals surface area contributed by atoms with Gasteiger partial charge in [0.1, 0.15) is 0 Å². The first-order chi connectivity index (χ1) is 11.6. The molecule has 0 heterocycles. The number of hydrogen-bond donors (Lipinski definition) is 2. The van der Waals surface area contributed by atoms with Crippen LogP contribution < -0.4 is 10.0 Å². The van der Waals surface area contributed by atoms with Crippen molar-refractivity contribution in [2.45, 2.75) is 26.3 Å². The van der Waals surface area contributed by atoms with E-state index >= 15 is 0 Å². The van der Waals surface area contributed by atoms with Gasteiger partial charge in [-0.2, -0.15) is 12.7 Å². The normalized spacial score (nSPS) is 12.0. The van der Waals surface area contributed by atoms with Gasteiger partial charge in [-0.25, -0.2) is 0 Å². The SMILES string of the molecule is CN(C(C)(C)C)S(=O)(=O)Nc1ccccc1C(=O)Nc1ccccc1. The van der Waals surface area contributed by atoms with Gasteiger partial charge in [0.05, 0.1) is 11.3 Å². The molecular weight excluding hydrogens is 338 g/mol. The quantitative estimate of drug-likeness (QED) is 0.857. The maximum atomic E-state index is 12.6. The van der Waals surface area contributed by atoms with Crippen LogP contribution in [0.1, 0.15) is 31.1 Å². The van der Waals surface area contributed by atoms with Crippen molar-refractivity contribution in [2.75, 3.05) is 17.1 Å². The van der Waals surface area contributed by atoms with E-state index in [1.165, 1.54) is 11.4 Å². The first kappa shape index (κ1) is 19.0. The second-order valence-electron chi connectivity index (χ2n) is 6.61. The Morgan fingerprint density at radius 2 is 1.52 bits per heavy atom. The lowest BCUT2D eigenvalue weighted by Crippen LogP contribution is -2.45. The van der Waals surface area contributed by atoms with Gasteiger partial charge in [0.15, 0.2) is 0 Å². The first-order valence-corrected chi connectivity index (χ1v) is 9.27. The molecule has 0 radical (unpaired) electrons. The molecule has 25 heavy (non-hydrogen) atoms. The zero-order valence-corrected chi connectivity index (χ0v) is 15.6. The number of nitrogens with one attached hydrogen (secondary N) is 2. The zero-order valence-electron chi connectivity index (χ0n) is 14.8. The van der Waals surface area contributed by atoms with Gasteiger partial charge in [0, 0.05) is 18.3 Å². The largest absolute Gasteiger partial charge is 0.322 e. The molecule has 0 aliphatic carbocycles. The summed E-state index contributed by atoms with van der Waals surface area (Å²) in [6.45, 7) is 5.38. The molecule has 2 rings (SSSR count). The molecular formula is C18H23N3O3S. The second-order valence-corrected chi connectivity index (χ2v) is 8.31. The van der Waals surface area contributed by atoms with Crippen molar-refractivity contribution in [1.82, 2.24) is 4.31 Å². The molecule has 2 aromatic rings. The Kier molecular flexibility index (Phi) is 5.49. The van der Waals surface area contributed by atoms with Crippen LogP contribution in [-0.2, 0) is 10.2 Å². The number of carbonyl (C=O) groups is 1. The molecule has 0 aromatic heterocycles. The minimum atomic E-state index is -3.80. The summed E-state index contributed by atoms with van der Waals surface area (Å²) in [5.41, 5.74) is 0.522. The van der Waals surface area contributed by atoms with E-state index in [0.29, 0.717) is 5.69 Å². The minimum absolute atomic E-state index is 0.229. The Balaban J connectivity index is 2.28. The van der Waals surface area contributed by atoms with Crippen LogP contribution in [0.4, 0.5) is 11.4 Å². The summed E-state index contributed by atoms with van der Waals surface area (Å²) >= 11 is 0. The Hall–Kier alpha value is -2.38. The molecule has 7 heteroatoms. The predicted molar refractivity (Wildman–Crippen MR) is 101 cm³/mol. The van der Waals surface area contributed by atoms with Crippen molar-refractivity contribution in [3.05, 3.63) is 60.2 Å². The molecule has 6 nitrogen and oxygen atoms in total. The van der Waals surface area contributed by atoms with E-state index in [1.54, 1.807) is 57.2 Å². The maximum Gasteiger partial charge on any atom is 0.301 e. The van der Waals surface area contributed by atoms with Crippen LogP contribution >= 0.6 is 0 Å². The smallest absolute Gasteiger partial charge is 0.301 e. The van der Waals surface area contributed by atoms with Crippen molar-refractivity contribution in [2.24, 2.45) is 0 Å². The lowest BCUT2D eigenvalue weighted by atomic mass is 10.1.